The van der Waals surface area contributed by atoms with Gasteiger partial charge in [0, 0.05) is 0 Å². The van der Waals surface area contributed by atoms with Gasteiger partial charge < -0.3 is 71.9 Å². The predicted octanol–water partition coefficient (Wildman–Crippen LogP) is -4.92. The van der Waals surface area contributed by atoms with Crippen LogP contribution >= 0.6 is 0 Å². The number of H-pyrrole nitrogens is 3. The van der Waals surface area contributed by atoms with E-state index in [1.54, 1.807) is 0 Å². The van der Waals surface area contributed by atoms with Crippen molar-refractivity contribution in [1.82, 2.24) is 30.6 Å². The maximum atomic E-state index is 4.73. The van der Waals surface area contributed by atoms with Crippen LogP contribution in [0.2, 0.25) is 0 Å². The second-order valence-corrected chi connectivity index (χ2v) is 8.61. The molecule has 0 saturated carbocycles. The Morgan fingerprint density at radius 3 is 0.969 bits per heavy atom. The van der Waals surface area contributed by atoms with Gasteiger partial charge >= 0.3 is 186 Å². The number of aromatic nitrogens is 6. The number of hydrogen-bond acceptors (Lipinski definition) is 3. The van der Waals surface area contributed by atoms with Crippen LogP contribution in [0.4, 0.5) is 0 Å². The summed E-state index contributed by atoms with van der Waals surface area (Å²) in [5.41, 5.74) is 11.0. The SMILES string of the molecule is CCc1n[nH]c(CC)c1[C]([Ti+3])(c1c(CC)n[nH]c1CC)c1c(CC)n[nH]c1CC.[I-].[I-].[I-]. The molecule has 0 aromatic carbocycles. The van der Waals surface area contributed by atoms with Gasteiger partial charge in [-0.25, -0.2) is 0 Å². The molecule has 0 unspecified atom stereocenters. The summed E-state index contributed by atoms with van der Waals surface area (Å²) in [6, 6.07) is 0. The van der Waals surface area contributed by atoms with E-state index in [-0.39, 0.29) is 75.6 Å². The second-order valence-electron chi connectivity index (χ2n) is 7.44. The van der Waals surface area contributed by atoms with Crippen LogP contribution in [0.5, 0.6) is 0 Å². The van der Waals surface area contributed by atoms with E-state index in [1.165, 1.54) is 33.8 Å². The minimum absolute atomic E-state index is 0. The number of halogens is 3. The molecule has 0 aliphatic carbocycles. The molecule has 0 aliphatic heterocycles. The third-order valence-corrected chi connectivity index (χ3v) is 7.11. The van der Waals surface area contributed by atoms with Gasteiger partial charge in [0.15, 0.2) is 0 Å². The fraction of sp³-hybridized carbons (Fsp3) is 0.591. The average Bonchev–Trinajstić information content (AvgIpc) is 3.48. The van der Waals surface area contributed by atoms with E-state index in [0.29, 0.717) is 0 Å². The number of nitrogens with zero attached hydrogens (tertiary/aromatic N) is 3. The zero-order valence-electron chi connectivity index (χ0n) is 19.7. The first-order chi connectivity index (χ1) is 14.0. The molecule has 0 atom stereocenters. The van der Waals surface area contributed by atoms with Gasteiger partial charge in [-0.2, -0.15) is 0 Å². The minimum atomic E-state index is -0.364. The van der Waals surface area contributed by atoms with E-state index in [9.17, 15) is 0 Å². The van der Waals surface area contributed by atoms with Crippen LogP contribution in [0.3, 0.4) is 0 Å². The van der Waals surface area contributed by atoms with Gasteiger partial charge in [-0.05, 0) is 0 Å². The van der Waals surface area contributed by atoms with Crippen molar-refractivity contribution in [3.63, 3.8) is 0 Å². The fourth-order valence-corrected chi connectivity index (χ4v) is 5.88. The summed E-state index contributed by atoms with van der Waals surface area (Å²) < 4.78 is -0.364. The number of hydrogen-bond donors (Lipinski definition) is 3. The van der Waals surface area contributed by atoms with E-state index in [1.807, 2.05) is 0 Å². The summed E-state index contributed by atoms with van der Waals surface area (Å²) >= 11 is 2.36. The first kappa shape index (κ1) is 32.5. The van der Waals surface area contributed by atoms with Crippen molar-refractivity contribution in [2.24, 2.45) is 0 Å². The smallest absolute Gasteiger partial charge is 1.00 e. The molecule has 3 N–H and O–H groups in total. The molecular weight excluding hydrogens is 777 g/mol. The normalized spacial score (nSPS) is 11.0. The first-order valence-corrected chi connectivity index (χ1v) is 11.7. The number of aromatic amines is 3. The Morgan fingerprint density at radius 2 is 0.781 bits per heavy atom. The second kappa shape index (κ2) is 14.2. The molecular formula is C22H33I3N6Ti. The van der Waals surface area contributed by atoms with E-state index in [0.717, 1.165) is 55.6 Å². The molecule has 0 fully saturated rings. The van der Waals surface area contributed by atoms with E-state index >= 15 is 0 Å². The summed E-state index contributed by atoms with van der Waals surface area (Å²) in [6.07, 6.45) is 5.42. The molecule has 3 heterocycles. The van der Waals surface area contributed by atoms with Crippen LogP contribution in [-0.4, -0.2) is 30.6 Å². The van der Waals surface area contributed by atoms with Crippen molar-refractivity contribution in [2.45, 2.75) is 83.8 Å². The topological polar surface area (TPSA) is 86.0 Å². The summed E-state index contributed by atoms with van der Waals surface area (Å²) in [6.45, 7) is 13.2. The standard InChI is InChI=1S/C22H33N6.3HI.Ti/c1-7-13-19(14(8-2)24-23-13)22(20-15(9-3)25-26-16(20)10-4)21-17(11-5)27-28-18(21)12-6;;;;/h7-12H2,1-6H3,(H,23,24)(H,25,26)(H,27,28);3*1H;/q;;;;+3/p-3. The van der Waals surface area contributed by atoms with Crippen LogP contribution in [0.15, 0.2) is 0 Å². The van der Waals surface area contributed by atoms with Crippen LogP contribution in [0, 0.1) is 0 Å². The van der Waals surface area contributed by atoms with Gasteiger partial charge in [0.25, 0.3) is 0 Å². The van der Waals surface area contributed by atoms with Gasteiger partial charge in [-0.1, -0.05) is 0 Å². The van der Waals surface area contributed by atoms with Crippen molar-refractivity contribution in [2.75, 3.05) is 0 Å². The molecule has 3 aromatic rings. The summed E-state index contributed by atoms with van der Waals surface area (Å²) in [7, 11) is 0. The van der Waals surface area contributed by atoms with E-state index in [2.05, 4.69) is 77.3 Å². The molecule has 0 radical (unpaired) electrons. The third kappa shape index (κ3) is 5.51. The van der Waals surface area contributed by atoms with Crippen LogP contribution in [-0.2, 0) is 62.7 Å². The molecule has 10 heteroatoms. The Hall–Kier alpha value is 0.534. The number of nitrogens with one attached hydrogen (secondary N) is 3. The maximum absolute atomic E-state index is 4.73. The van der Waals surface area contributed by atoms with Gasteiger partial charge in [0.2, 0.25) is 0 Å². The molecule has 3 rings (SSSR count). The Kier molecular flexibility index (Phi) is 14.4. The average molecular weight is 810 g/mol. The monoisotopic (exact) mass is 810 g/mol. The fourth-order valence-electron chi connectivity index (χ4n) is 4.50. The molecule has 0 bridgehead atoms. The molecule has 3 aromatic heterocycles. The van der Waals surface area contributed by atoms with Crippen LogP contribution in [0.1, 0.15) is 92.4 Å². The first-order valence-electron chi connectivity index (χ1n) is 11.0. The molecule has 0 amide bonds. The van der Waals surface area contributed by atoms with Gasteiger partial charge in [0.1, 0.15) is 0 Å². The third-order valence-electron chi connectivity index (χ3n) is 5.94. The summed E-state index contributed by atoms with van der Waals surface area (Å²) in [5.74, 6) is 0. The quantitative estimate of drug-likeness (QED) is 0.150. The van der Waals surface area contributed by atoms with E-state index < -0.39 is 0 Å². The summed E-state index contributed by atoms with van der Waals surface area (Å²) in [4.78, 5) is 0. The largest absolute Gasteiger partial charge is 1.00 e. The van der Waals surface area contributed by atoms with E-state index in [4.69, 9.17) is 15.3 Å². The van der Waals surface area contributed by atoms with Crippen LogP contribution in [0.25, 0.3) is 0 Å². The molecule has 6 nitrogen and oxygen atoms in total. The van der Waals surface area contributed by atoms with Gasteiger partial charge in [0.05, 0.1) is 0 Å². The van der Waals surface area contributed by atoms with Crippen molar-refractivity contribution in [3.05, 3.63) is 50.9 Å². The zero-order chi connectivity index (χ0) is 21.2. The minimum Gasteiger partial charge on any atom is -1.00 e. The molecule has 0 aliphatic rings. The van der Waals surface area contributed by atoms with Crippen molar-refractivity contribution in [1.29, 1.82) is 0 Å². The van der Waals surface area contributed by atoms with Gasteiger partial charge in [-0.3, -0.25) is 0 Å². The van der Waals surface area contributed by atoms with Gasteiger partial charge in [-0.15, -0.1) is 0 Å². The maximum Gasteiger partial charge on any atom is -1.00 e. The van der Waals surface area contributed by atoms with Crippen molar-refractivity contribution < 1.29 is 92.4 Å². The molecule has 0 saturated heterocycles. The Bertz CT molecular complexity index is 792. The Labute approximate surface area is 254 Å². The van der Waals surface area contributed by atoms with Crippen LogP contribution < -0.4 is 71.9 Å². The molecule has 32 heavy (non-hydrogen) atoms. The molecule has 176 valence electrons. The van der Waals surface area contributed by atoms with Crippen molar-refractivity contribution in [3.8, 4) is 0 Å². The summed E-state index contributed by atoms with van der Waals surface area (Å²) in [5, 5.41) is 24.2. The number of rotatable bonds is 9. The number of aryl methyl sites for hydroxylation is 6. The zero-order valence-corrected chi connectivity index (χ0v) is 27.8. The Balaban J connectivity index is 0.00000320. The van der Waals surface area contributed by atoms with Crippen molar-refractivity contribution >= 4 is 0 Å². The predicted molar refractivity (Wildman–Crippen MR) is 112 cm³/mol. The Morgan fingerprint density at radius 1 is 0.531 bits per heavy atom. The molecule has 0 spiro atoms.